The summed E-state index contributed by atoms with van der Waals surface area (Å²) in [6.45, 7) is 0.383. The highest BCUT2D eigenvalue weighted by Gasteiger charge is 2.34. The van der Waals surface area contributed by atoms with Gasteiger partial charge in [-0.15, -0.1) is 0 Å². The first kappa shape index (κ1) is 18.1. The molecule has 0 radical (unpaired) electrons. The second kappa shape index (κ2) is 7.36. The lowest BCUT2D eigenvalue weighted by atomic mass is 10.1. The van der Waals surface area contributed by atoms with E-state index < -0.39 is 16.1 Å². The number of ether oxygens (including phenoxy) is 1. The van der Waals surface area contributed by atoms with E-state index >= 15 is 0 Å². The fraction of sp³-hybridized carbons (Fsp3) is 0.250. The molecule has 0 aliphatic carbocycles. The van der Waals surface area contributed by atoms with Crippen molar-refractivity contribution in [1.29, 1.82) is 0 Å². The Bertz CT molecular complexity index is 1060. The zero-order valence-electron chi connectivity index (χ0n) is 14.7. The van der Waals surface area contributed by atoms with E-state index in [2.05, 4.69) is 4.98 Å². The van der Waals surface area contributed by atoms with Gasteiger partial charge >= 0.3 is 0 Å². The molecule has 1 unspecified atom stereocenters. The molecule has 4 rings (SSSR count). The monoisotopic (exact) mass is 384 g/mol. The molecule has 1 aromatic heterocycles. The largest absolute Gasteiger partial charge is 0.395 e. The van der Waals surface area contributed by atoms with Gasteiger partial charge in [0, 0.05) is 18.1 Å². The smallest absolute Gasteiger partial charge is 0.245 e. The second-order valence-electron chi connectivity index (χ2n) is 6.50. The SMILES string of the molecule is O=S(=O)(c1cccc2cccnc12)N1Cc2ccccc2COCC1CO. The third kappa shape index (κ3) is 3.35. The molecule has 2 heterocycles. The van der Waals surface area contributed by atoms with Crippen LogP contribution in [0.4, 0.5) is 0 Å². The Hall–Kier alpha value is -2.32. The summed E-state index contributed by atoms with van der Waals surface area (Å²) in [5.41, 5.74) is 2.24. The molecule has 6 nitrogen and oxygen atoms in total. The topological polar surface area (TPSA) is 79.7 Å². The maximum atomic E-state index is 13.6. The molecule has 7 heteroatoms. The molecule has 0 saturated heterocycles. The predicted octanol–water partition coefficient (Wildman–Crippen LogP) is 2.32. The van der Waals surface area contributed by atoms with Crippen molar-refractivity contribution in [3.63, 3.8) is 0 Å². The second-order valence-corrected chi connectivity index (χ2v) is 8.36. The molecule has 1 atom stereocenters. The molecule has 2 aromatic carbocycles. The number of aliphatic hydroxyl groups is 1. The number of para-hydroxylation sites is 1. The summed E-state index contributed by atoms with van der Waals surface area (Å²) in [7, 11) is -3.90. The van der Waals surface area contributed by atoms with Crippen LogP contribution >= 0.6 is 0 Å². The average Bonchev–Trinajstić information content (AvgIpc) is 2.68. The first-order chi connectivity index (χ1) is 13.1. The van der Waals surface area contributed by atoms with Gasteiger partial charge in [-0.2, -0.15) is 4.31 Å². The number of hydrogen-bond acceptors (Lipinski definition) is 5. The lowest BCUT2D eigenvalue weighted by Crippen LogP contribution is -2.45. The van der Waals surface area contributed by atoms with Gasteiger partial charge in [-0.1, -0.05) is 42.5 Å². The Morgan fingerprint density at radius 3 is 2.67 bits per heavy atom. The molecule has 0 saturated carbocycles. The van der Waals surface area contributed by atoms with Gasteiger partial charge < -0.3 is 9.84 Å². The minimum Gasteiger partial charge on any atom is -0.395 e. The van der Waals surface area contributed by atoms with Crippen LogP contribution in [-0.4, -0.2) is 42.1 Å². The molecule has 0 amide bonds. The van der Waals surface area contributed by atoms with E-state index in [0.717, 1.165) is 16.5 Å². The number of nitrogens with zero attached hydrogens (tertiary/aromatic N) is 2. The van der Waals surface area contributed by atoms with Crippen LogP contribution in [0.2, 0.25) is 0 Å². The normalized spacial score (nSPS) is 18.6. The number of aliphatic hydroxyl groups excluding tert-OH is 1. The molecule has 0 spiro atoms. The van der Waals surface area contributed by atoms with Crippen molar-refractivity contribution < 1.29 is 18.3 Å². The van der Waals surface area contributed by atoms with Gasteiger partial charge in [0.2, 0.25) is 10.0 Å². The van der Waals surface area contributed by atoms with Gasteiger partial charge in [-0.3, -0.25) is 4.98 Å². The Labute approximate surface area is 158 Å². The Morgan fingerprint density at radius 1 is 1.07 bits per heavy atom. The fourth-order valence-corrected chi connectivity index (χ4v) is 5.12. The number of sulfonamides is 1. The summed E-state index contributed by atoms with van der Waals surface area (Å²) in [4.78, 5) is 4.42. The van der Waals surface area contributed by atoms with E-state index in [9.17, 15) is 13.5 Å². The molecule has 3 aromatic rings. The van der Waals surface area contributed by atoms with Crippen LogP contribution in [0.25, 0.3) is 10.9 Å². The maximum Gasteiger partial charge on any atom is 0.245 e. The summed E-state index contributed by atoms with van der Waals surface area (Å²) in [6, 6.07) is 15.6. The number of aromatic nitrogens is 1. The van der Waals surface area contributed by atoms with Crippen molar-refractivity contribution in [2.75, 3.05) is 13.2 Å². The van der Waals surface area contributed by atoms with Gasteiger partial charge in [0.15, 0.2) is 0 Å². The van der Waals surface area contributed by atoms with Gasteiger partial charge in [0.1, 0.15) is 4.90 Å². The van der Waals surface area contributed by atoms with E-state index in [-0.39, 0.29) is 24.7 Å². The molecule has 27 heavy (non-hydrogen) atoms. The zero-order valence-corrected chi connectivity index (χ0v) is 15.5. The van der Waals surface area contributed by atoms with Crippen LogP contribution in [0.15, 0.2) is 65.7 Å². The minimum atomic E-state index is -3.90. The van der Waals surface area contributed by atoms with Crippen LogP contribution in [-0.2, 0) is 27.9 Å². The number of rotatable bonds is 3. The van der Waals surface area contributed by atoms with E-state index in [0.29, 0.717) is 12.1 Å². The van der Waals surface area contributed by atoms with Gasteiger partial charge in [0.05, 0.1) is 31.4 Å². The molecular weight excluding hydrogens is 364 g/mol. The lowest BCUT2D eigenvalue weighted by molar-refractivity contribution is 0.0437. The summed E-state index contributed by atoms with van der Waals surface area (Å²) in [6.07, 6.45) is 1.58. The van der Waals surface area contributed by atoms with Crippen LogP contribution in [0.1, 0.15) is 11.1 Å². The van der Waals surface area contributed by atoms with Crippen molar-refractivity contribution in [3.8, 4) is 0 Å². The van der Waals surface area contributed by atoms with Crippen molar-refractivity contribution in [3.05, 3.63) is 71.9 Å². The molecule has 0 bridgehead atoms. The molecule has 0 fully saturated rings. The Kier molecular flexibility index (Phi) is 4.92. The lowest BCUT2D eigenvalue weighted by Gasteiger charge is -2.32. The molecule has 1 N–H and O–H groups in total. The predicted molar refractivity (Wildman–Crippen MR) is 101 cm³/mol. The van der Waals surface area contributed by atoms with Crippen LogP contribution in [0.5, 0.6) is 0 Å². The Morgan fingerprint density at radius 2 is 1.85 bits per heavy atom. The maximum absolute atomic E-state index is 13.6. The summed E-state index contributed by atoms with van der Waals surface area (Å²) >= 11 is 0. The fourth-order valence-electron chi connectivity index (χ4n) is 3.37. The number of hydrogen-bond donors (Lipinski definition) is 1. The molecule has 1 aliphatic heterocycles. The third-order valence-corrected chi connectivity index (χ3v) is 6.74. The first-order valence-electron chi connectivity index (χ1n) is 8.72. The van der Waals surface area contributed by atoms with Crippen LogP contribution < -0.4 is 0 Å². The third-order valence-electron chi connectivity index (χ3n) is 4.81. The van der Waals surface area contributed by atoms with Gasteiger partial charge in [-0.05, 0) is 23.3 Å². The van der Waals surface area contributed by atoms with Crippen molar-refractivity contribution >= 4 is 20.9 Å². The summed E-state index contributed by atoms with van der Waals surface area (Å²) < 4.78 is 34.1. The van der Waals surface area contributed by atoms with Crippen molar-refractivity contribution in [2.45, 2.75) is 24.1 Å². The molecule has 140 valence electrons. The zero-order chi connectivity index (χ0) is 18.9. The number of pyridine rings is 1. The Balaban J connectivity index is 1.85. The quantitative estimate of drug-likeness (QED) is 0.750. The average molecular weight is 384 g/mol. The van der Waals surface area contributed by atoms with Crippen LogP contribution in [0, 0.1) is 0 Å². The standard InChI is InChI=1S/C20H20N2O4S/c23-12-18-14-26-13-17-6-2-1-5-16(17)11-22(18)27(24,25)19-9-3-7-15-8-4-10-21-20(15)19/h1-10,18,23H,11-14H2. The summed E-state index contributed by atoms with van der Waals surface area (Å²) in [5.74, 6) is 0. The number of benzene rings is 2. The van der Waals surface area contributed by atoms with E-state index in [4.69, 9.17) is 4.74 Å². The van der Waals surface area contributed by atoms with Crippen LogP contribution in [0.3, 0.4) is 0 Å². The minimum absolute atomic E-state index is 0.127. The van der Waals surface area contributed by atoms with E-state index in [1.54, 1.807) is 24.4 Å². The van der Waals surface area contributed by atoms with Crippen molar-refractivity contribution in [1.82, 2.24) is 9.29 Å². The van der Waals surface area contributed by atoms with E-state index in [1.165, 1.54) is 4.31 Å². The number of fused-ring (bicyclic) bond motifs is 2. The highest BCUT2D eigenvalue weighted by atomic mass is 32.2. The van der Waals surface area contributed by atoms with Crippen molar-refractivity contribution in [2.24, 2.45) is 0 Å². The highest BCUT2D eigenvalue weighted by molar-refractivity contribution is 7.89. The van der Waals surface area contributed by atoms with Gasteiger partial charge in [-0.25, -0.2) is 8.42 Å². The summed E-state index contributed by atoms with van der Waals surface area (Å²) in [5, 5.41) is 10.6. The highest BCUT2D eigenvalue weighted by Crippen LogP contribution is 2.28. The van der Waals surface area contributed by atoms with E-state index in [1.807, 2.05) is 36.4 Å². The first-order valence-corrected chi connectivity index (χ1v) is 10.2. The molecule has 1 aliphatic rings. The molecular formula is C20H20N2O4S. The van der Waals surface area contributed by atoms with Gasteiger partial charge in [0.25, 0.3) is 0 Å².